The molecule has 6 nitrogen and oxygen atoms in total. The van der Waals surface area contributed by atoms with Crippen LogP contribution in [0.5, 0.6) is 0 Å². The summed E-state index contributed by atoms with van der Waals surface area (Å²) in [4.78, 5) is 7.90. The van der Waals surface area contributed by atoms with Gasteiger partial charge in [-0.05, 0) is 25.1 Å². The molecule has 0 saturated heterocycles. The van der Waals surface area contributed by atoms with Crippen molar-refractivity contribution in [1.82, 2.24) is 14.9 Å². The maximum atomic E-state index is 8.17. The molecule has 0 spiro atoms. The summed E-state index contributed by atoms with van der Waals surface area (Å²) in [6.07, 6.45) is 10.4. The summed E-state index contributed by atoms with van der Waals surface area (Å²) in [7, 11) is 1.67. The lowest BCUT2D eigenvalue weighted by Crippen LogP contribution is -2.16. The fourth-order valence-corrected chi connectivity index (χ4v) is 1.69. The number of methoxy groups -OCH3 is 1. The average Bonchev–Trinajstić information content (AvgIpc) is 3.00. The number of nitrogens with zero attached hydrogens (tertiary/aromatic N) is 3. The highest BCUT2D eigenvalue weighted by molar-refractivity contribution is 6.08. The van der Waals surface area contributed by atoms with Crippen molar-refractivity contribution in [3.05, 3.63) is 36.2 Å². The molecule has 114 valence electrons. The number of hydrogen-bond donors (Lipinski definition) is 2. The minimum atomic E-state index is 0.410. The summed E-state index contributed by atoms with van der Waals surface area (Å²) in [6.45, 7) is 6.97. The highest BCUT2D eigenvalue weighted by Crippen LogP contribution is 2.08. The number of aliphatic imine (C=N–C) groups is 1. The zero-order chi connectivity index (χ0) is 15.5. The number of nitrogens with one attached hydrogen (secondary N) is 2. The molecule has 0 atom stereocenters. The first-order chi connectivity index (χ1) is 10.2. The summed E-state index contributed by atoms with van der Waals surface area (Å²) < 4.78 is 6.81. The smallest absolute Gasteiger partial charge is 0.127 e. The van der Waals surface area contributed by atoms with Crippen LogP contribution in [-0.2, 0) is 4.74 Å². The molecule has 1 rings (SSSR count). The largest absolute Gasteiger partial charge is 0.385 e. The van der Waals surface area contributed by atoms with Gasteiger partial charge in [-0.2, -0.15) is 0 Å². The second-order valence-electron chi connectivity index (χ2n) is 4.39. The molecule has 0 bridgehead atoms. The van der Waals surface area contributed by atoms with Gasteiger partial charge in [-0.25, -0.2) is 9.98 Å². The molecular formula is C15H23N5O. The number of aromatic nitrogens is 2. The molecule has 21 heavy (non-hydrogen) atoms. The first-order valence-corrected chi connectivity index (χ1v) is 6.89. The van der Waals surface area contributed by atoms with Gasteiger partial charge in [-0.1, -0.05) is 6.92 Å². The molecule has 0 aliphatic heterocycles. The van der Waals surface area contributed by atoms with Gasteiger partial charge >= 0.3 is 0 Å². The fourth-order valence-electron chi connectivity index (χ4n) is 1.69. The summed E-state index contributed by atoms with van der Waals surface area (Å²) in [6, 6.07) is 0. The van der Waals surface area contributed by atoms with Crippen LogP contribution in [0.25, 0.3) is 6.20 Å². The van der Waals surface area contributed by atoms with E-state index in [1.807, 2.05) is 23.9 Å². The van der Waals surface area contributed by atoms with E-state index < -0.39 is 0 Å². The predicted octanol–water partition coefficient (Wildman–Crippen LogP) is 2.32. The lowest BCUT2D eigenvalue weighted by Gasteiger charge is -2.08. The molecule has 6 heteroatoms. The van der Waals surface area contributed by atoms with Gasteiger partial charge in [0.2, 0.25) is 0 Å². The molecule has 0 saturated carbocycles. The normalized spacial score (nSPS) is 12.3. The molecule has 0 aromatic carbocycles. The van der Waals surface area contributed by atoms with E-state index in [4.69, 9.17) is 10.1 Å². The van der Waals surface area contributed by atoms with Gasteiger partial charge in [0.25, 0.3) is 0 Å². The Hall–Kier alpha value is -2.21. The Bertz CT molecular complexity index is 502. The van der Waals surface area contributed by atoms with Crippen molar-refractivity contribution in [1.29, 1.82) is 5.41 Å². The van der Waals surface area contributed by atoms with E-state index in [1.165, 1.54) is 0 Å². The van der Waals surface area contributed by atoms with Crippen LogP contribution in [0.2, 0.25) is 0 Å². The first-order valence-electron chi connectivity index (χ1n) is 6.89. The average molecular weight is 289 g/mol. The Morgan fingerprint density at radius 1 is 1.57 bits per heavy atom. The number of ether oxygens (including phenoxy) is 1. The number of imidazole rings is 1. The van der Waals surface area contributed by atoms with Crippen LogP contribution >= 0.6 is 0 Å². The lowest BCUT2D eigenvalue weighted by atomic mass is 10.1. The Morgan fingerprint density at radius 3 is 2.95 bits per heavy atom. The Labute approximate surface area is 125 Å². The predicted molar refractivity (Wildman–Crippen MR) is 86.6 cm³/mol. The molecule has 1 aromatic rings. The minimum absolute atomic E-state index is 0.410. The van der Waals surface area contributed by atoms with E-state index in [-0.39, 0.29) is 0 Å². The maximum Gasteiger partial charge on any atom is 0.127 e. The van der Waals surface area contributed by atoms with Gasteiger partial charge in [-0.15, -0.1) is 0 Å². The fraction of sp³-hybridized carbons (Fsp3) is 0.400. The van der Waals surface area contributed by atoms with Gasteiger partial charge < -0.3 is 20.0 Å². The van der Waals surface area contributed by atoms with Crippen molar-refractivity contribution < 1.29 is 4.74 Å². The number of allylic oxidation sites excluding steroid dienone is 2. The van der Waals surface area contributed by atoms with E-state index >= 15 is 0 Å². The van der Waals surface area contributed by atoms with Gasteiger partial charge in [-0.3, -0.25) is 0 Å². The van der Waals surface area contributed by atoms with Crippen LogP contribution < -0.4 is 5.32 Å². The second-order valence-corrected chi connectivity index (χ2v) is 4.39. The molecule has 2 N–H and O–H groups in total. The quantitative estimate of drug-likeness (QED) is 0.513. The third-order valence-corrected chi connectivity index (χ3v) is 2.84. The summed E-state index contributed by atoms with van der Waals surface area (Å²) in [5.74, 6) is 0.598. The van der Waals surface area contributed by atoms with Crippen LogP contribution in [0.4, 0.5) is 0 Å². The van der Waals surface area contributed by atoms with Gasteiger partial charge in [0.05, 0.1) is 12.0 Å². The highest BCUT2D eigenvalue weighted by atomic mass is 16.5. The van der Waals surface area contributed by atoms with Crippen LogP contribution in [0.3, 0.4) is 0 Å². The van der Waals surface area contributed by atoms with Gasteiger partial charge in [0.15, 0.2) is 0 Å². The standard InChI is InChI=1S/C15H23N5O/c1-4-13(11-20-8-7-18-12-20)14(16)10-15(17-2)19-6-5-9-21-3/h7-8,10-12,16,19H,2,4-6,9H2,1,3H3/b13-11+,15-10+,16-14?. The van der Waals surface area contributed by atoms with Crippen LogP contribution in [-0.4, -0.2) is 42.2 Å². The van der Waals surface area contributed by atoms with Crippen LogP contribution in [0.15, 0.2) is 41.2 Å². The molecular weight excluding hydrogens is 266 g/mol. The molecule has 1 heterocycles. The van der Waals surface area contributed by atoms with Gasteiger partial charge in [0, 0.05) is 44.9 Å². The van der Waals surface area contributed by atoms with Crippen molar-refractivity contribution in [3.63, 3.8) is 0 Å². The van der Waals surface area contributed by atoms with E-state index in [0.717, 1.165) is 25.0 Å². The zero-order valence-electron chi connectivity index (χ0n) is 12.7. The van der Waals surface area contributed by atoms with Crippen molar-refractivity contribution in [3.8, 4) is 0 Å². The zero-order valence-corrected chi connectivity index (χ0v) is 12.7. The SMILES string of the molecule is C=N/C(=C\C(=N)/C(=C/n1ccnc1)CC)NCCCOC. The van der Waals surface area contributed by atoms with Crippen molar-refractivity contribution in [2.45, 2.75) is 19.8 Å². The van der Waals surface area contributed by atoms with E-state index in [0.29, 0.717) is 18.1 Å². The van der Waals surface area contributed by atoms with Gasteiger partial charge in [0.1, 0.15) is 5.82 Å². The molecule has 0 fully saturated rings. The first kappa shape index (κ1) is 16.8. The van der Waals surface area contributed by atoms with Crippen LogP contribution in [0.1, 0.15) is 19.8 Å². The van der Waals surface area contributed by atoms with E-state index in [1.54, 1.807) is 25.7 Å². The Kier molecular flexibility index (Phi) is 7.74. The monoisotopic (exact) mass is 289 g/mol. The summed E-state index contributed by atoms with van der Waals surface area (Å²) >= 11 is 0. The Morgan fingerprint density at radius 2 is 2.38 bits per heavy atom. The molecule has 0 aliphatic carbocycles. The molecule has 0 unspecified atom stereocenters. The maximum absolute atomic E-state index is 8.17. The molecule has 0 radical (unpaired) electrons. The minimum Gasteiger partial charge on any atom is -0.385 e. The second kappa shape index (κ2) is 9.66. The van der Waals surface area contributed by atoms with Crippen LogP contribution in [0, 0.1) is 5.41 Å². The number of hydrogen-bond acceptors (Lipinski definition) is 5. The van der Waals surface area contributed by atoms with E-state index in [2.05, 4.69) is 22.0 Å². The van der Waals surface area contributed by atoms with Crippen molar-refractivity contribution >= 4 is 18.6 Å². The molecule has 1 aromatic heterocycles. The summed E-state index contributed by atoms with van der Waals surface area (Å²) in [5.41, 5.74) is 1.31. The Balaban J connectivity index is 2.69. The lowest BCUT2D eigenvalue weighted by molar-refractivity contribution is 0.195. The molecule has 0 aliphatic rings. The van der Waals surface area contributed by atoms with Crippen molar-refractivity contribution in [2.75, 3.05) is 20.3 Å². The van der Waals surface area contributed by atoms with Crippen molar-refractivity contribution in [2.24, 2.45) is 4.99 Å². The topological polar surface area (TPSA) is 75.3 Å². The van der Waals surface area contributed by atoms with E-state index in [9.17, 15) is 0 Å². The number of rotatable bonds is 10. The molecule has 0 amide bonds. The summed E-state index contributed by atoms with van der Waals surface area (Å²) in [5, 5.41) is 11.3. The third-order valence-electron chi connectivity index (χ3n) is 2.84. The highest BCUT2D eigenvalue weighted by Gasteiger charge is 2.03. The third kappa shape index (κ3) is 6.18.